The van der Waals surface area contributed by atoms with E-state index in [0.717, 1.165) is 4.90 Å². The molecule has 4 rings (SSSR count). The first-order chi connectivity index (χ1) is 16.4. The van der Waals surface area contributed by atoms with Crippen LogP contribution in [0, 0.1) is 5.82 Å². The molecule has 2 aromatic heterocycles. The number of benzene rings is 1. The molecule has 1 N–H and O–H groups in total. The summed E-state index contributed by atoms with van der Waals surface area (Å²) < 4.78 is 53.2. The lowest BCUT2D eigenvalue weighted by molar-refractivity contribution is -0.158. The van der Waals surface area contributed by atoms with E-state index in [4.69, 9.17) is 32.7 Å². The summed E-state index contributed by atoms with van der Waals surface area (Å²) in [6.07, 6.45) is -2.39. The number of ether oxygens (including phenoxy) is 2. The van der Waals surface area contributed by atoms with Crippen molar-refractivity contribution in [1.82, 2.24) is 19.9 Å². The first-order valence-corrected chi connectivity index (χ1v) is 11.1. The van der Waals surface area contributed by atoms with Crippen LogP contribution in [0.1, 0.15) is 20.8 Å². The van der Waals surface area contributed by atoms with Crippen molar-refractivity contribution < 1.29 is 27.4 Å². The van der Waals surface area contributed by atoms with Crippen molar-refractivity contribution in [2.24, 2.45) is 0 Å². The van der Waals surface area contributed by atoms with E-state index in [1.807, 2.05) is 0 Å². The van der Waals surface area contributed by atoms with Crippen LogP contribution >= 0.6 is 23.2 Å². The van der Waals surface area contributed by atoms with Crippen LogP contribution < -0.4 is 10.1 Å². The average Bonchev–Trinajstić information content (AvgIpc) is 2.75. The Morgan fingerprint density at radius 1 is 1.17 bits per heavy atom. The maximum Gasteiger partial charge on any atom is 0.410 e. The van der Waals surface area contributed by atoms with E-state index in [9.17, 15) is 18.0 Å². The van der Waals surface area contributed by atoms with Gasteiger partial charge in [0.15, 0.2) is 11.6 Å². The molecule has 35 heavy (non-hydrogen) atoms. The van der Waals surface area contributed by atoms with Gasteiger partial charge in [-0.25, -0.2) is 32.9 Å². The third-order valence-corrected chi connectivity index (χ3v) is 5.80. The summed E-state index contributed by atoms with van der Waals surface area (Å²) in [4.78, 5) is 25.7. The van der Waals surface area contributed by atoms with Gasteiger partial charge < -0.3 is 14.8 Å². The van der Waals surface area contributed by atoms with Crippen LogP contribution in [0.5, 0.6) is 5.88 Å². The number of hydrogen-bond acceptors (Lipinski definition) is 7. The zero-order chi connectivity index (χ0) is 25.5. The van der Waals surface area contributed by atoms with Gasteiger partial charge >= 0.3 is 6.09 Å². The molecule has 13 heteroatoms. The summed E-state index contributed by atoms with van der Waals surface area (Å²) in [6, 6.07) is 5.64. The summed E-state index contributed by atoms with van der Waals surface area (Å²) in [5.41, 5.74) is -2.26. The van der Waals surface area contributed by atoms with Crippen molar-refractivity contribution in [3.63, 3.8) is 0 Å². The minimum absolute atomic E-state index is 0.0245. The van der Waals surface area contributed by atoms with Crippen LogP contribution in [-0.2, 0) is 4.74 Å². The second-order valence-electron chi connectivity index (χ2n) is 8.89. The quantitative estimate of drug-likeness (QED) is 0.414. The standard InChI is InChI=1S/C22H20Cl2F3N5O3/c1-21(2,3)35-20(33)32-8-22(9-32,19(26)27)34-14-7-6-13-17(31-14)18(29-10-28-13)30-12-5-4-11(23)15(24)16(12)25/h4-7,10,19H,8-9H2,1-3H3,(H,28,29,30). The smallest absolute Gasteiger partial charge is 0.410 e. The van der Waals surface area contributed by atoms with Gasteiger partial charge in [0.1, 0.15) is 17.4 Å². The molecular formula is C22H20Cl2F3N5O3. The number of nitrogens with zero attached hydrogens (tertiary/aromatic N) is 4. The second-order valence-corrected chi connectivity index (χ2v) is 9.68. The highest BCUT2D eigenvalue weighted by Crippen LogP contribution is 2.36. The third-order valence-electron chi connectivity index (χ3n) is 5.02. The van der Waals surface area contributed by atoms with Crippen LogP contribution in [0.3, 0.4) is 0 Å². The molecule has 1 aromatic carbocycles. The van der Waals surface area contributed by atoms with Gasteiger partial charge in [-0.15, -0.1) is 0 Å². The normalized spacial score (nSPS) is 15.2. The highest BCUT2D eigenvalue weighted by Gasteiger charge is 2.56. The number of halogens is 5. The summed E-state index contributed by atoms with van der Waals surface area (Å²) in [5.74, 6) is -0.853. The Labute approximate surface area is 208 Å². The Balaban J connectivity index is 1.59. The minimum Gasteiger partial charge on any atom is -0.461 e. The zero-order valence-corrected chi connectivity index (χ0v) is 20.3. The second kappa shape index (κ2) is 9.19. The molecule has 1 saturated heterocycles. The van der Waals surface area contributed by atoms with Gasteiger partial charge in [-0.3, -0.25) is 4.90 Å². The molecular weight excluding hydrogens is 510 g/mol. The molecule has 1 aliphatic heterocycles. The van der Waals surface area contributed by atoms with Crippen LogP contribution in [0.4, 0.5) is 29.5 Å². The summed E-state index contributed by atoms with van der Waals surface area (Å²) in [6.45, 7) is 4.27. The van der Waals surface area contributed by atoms with Gasteiger partial charge in [-0.2, -0.15) is 0 Å². The lowest BCUT2D eigenvalue weighted by atomic mass is 9.95. The SMILES string of the molecule is CC(C)(C)OC(=O)N1CC(Oc2ccc3ncnc(Nc4ccc(Cl)c(Cl)c4F)c3n2)(C(F)F)C1. The highest BCUT2D eigenvalue weighted by molar-refractivity contribution is 6.42. The van der Waals surface area contributed by atoms with Crippen molar-refractivity contribution in [2.75, 3.05) is 18.4 Å². The van der Waals surface area contributed by atoms with E-state index < -0.39 is 29.5 Å². The predicted octanol–water partition coefficient (Wildman–Crippen LogP) is 5.85. The number of fused-ring (bicyclic) bond motifs is 1. The topological polar surface area (TPSA) is 89.5 Å². The molecule has 0 bridgehead atoms. The summed E-state index contributed by atoms with van der Waals surface area (Å²) in [7, 11) is 0. The molecule has 8 nitrogen and oxygen atoms in total. The third kappa shape index (κ3) is 5.15. The van der Waals surface area contributed by atoms with E-state index in [1.54, 1.807) is 20.8 Å². The van der Waals surface area contributed by atoms with Crippen molar-refractivity contribution >= 4 is 51.8 Å². The number of pyridine rings is 1. The fraction of sp³-hybridized carbons (Fsp3) is 0.364. The van der Waals surface area contributed by atoms with E-state index >= 15 is 0 Å². The van der Waals surface area contributed by atoms with Gasteiger partial charge in [0.05, 0.1) is 34.3 Å². The van der Waals surface area contributed by atoms with Gasteiger partial charge in [0.2, 0.25) is 11.5 Å². The number of nitrogens with one attached hydrogen (secondary N) is 1. The minimum atomic E-state index is -2.91. The fourth-order valence-electron chi connectivity index (χ4n) is 3.33. The Morgan fingerprint density at radius 3 is 2.54 bits per heavy atom. The molecule has 3 aromatic rings. The Morgan fingerprint density at radius 2 is 1.89 bits per heavy atom. The van der Waals surface area contributed by atoms with Gasteiger partial charge in [0.25, 0.3) is 6.43 Å². The van der Waals surface area contributed by atoms with E-state index in [-0.39, 0.29) is 46.0 Å². The number of likely N-dealkylation sites (tertiary alicyclic amines) is 1. The first kappa shape index (κ1) is 25.1. The lowest BCUT2D eigenvalue weighted by Crippen LogP contribution is -2.70. The maximum atomic E-state index is 14.5. The molecule has 0 unspecified atom stereocenters. The van der Waals surface area contributed by atoms with E-state index in [1.165, 1.54) is 30.6 Å². The number of alkyl halides is 2. The summed E-state index contributed by atoms with van der Waals surface area (Å²) >= 11 is 11.7. The number of aromatic nitrogens is 3. The molecule has 0 aliphatic carbocycles. The highest BCUT2D eigenvalue weighted by atomic mass is 35.5. The average molecular weight is 530 g/mol. The lowest BCUT2D eigenvalue weighted by Gasteiger charge is -2.48. The molecule has 0 spiro atoms. The molecule has 3 heterocycles. The molecule has 1 fully saturated rings. The van der Waals surface area contributed by atoms with E-state index in [0.29, 0.717) is 5.52 Å². The molecule has 1 aliphatic rings. The van der Waals surface area contributed by atoms with E-state index in [2.05, 4.69) is 20.3 Å². The van der Waals surface area contributed by atoms with Gasteiger partial charge in [-0.1, -0.05) is 23.2 Å². The monoisotopic (exact) mass is 529 g/mol. The molecule has 186 valence electrons. The predicted molar refractivity (Wildman–Crippen MR) is 124 cm³/mol. The number of amides is 1. The molecule has 0 atom stereocenters. The van der Waals surface area contributed by atoms with Crippen molar-refractivity contribution in [3.8, 4) is 5.88 Å². The van der Waals surface area contributed by atoms with Crippen molar-refractivity contribution in [3.05, 3.63) is 46.5 Å². The number of carbonyl (C=O) groups excluding carboxylic acids is 1. The fourth-order valence-corrected chi connectivity index (χ4v) is 3.64. The van der Waals surface area contributed by atoms with Crippen LogP contribution in [0.25, 0.3) is 11.0 Å². The van der Waals surface area contributed by atoms with Crippen molar-refractivity contribution in [1.29, 1.82) is 0 Å². The van der Waals surface area contributed by atoms with Crippen LogP contribution in [-0.4, -0.2) is 56.7 Å². The zero-order valence-electron chi connectivity index (χ0n) is 18.8. The Kier molecular flexibility index (Phi) is 6.58. The van der Waals surface area contributed by atoms with Gasteiger partial charge in [-0.05, 0) is 39.0 Å². The largest absolute Gasteiger partial charge is 0.461 e. The first-order valence-electron chi connectivity index (χ1n) is 10.4. The Hall–Kier alpha value is -3.05. The number of rotatable bonds is 5. The number of carbonyl (C=O) groups is 1. The Bertz CT molecular complexity index is 1280. The number of hydrogen-bond donors (Lipinski definition) is 1. The van der Waals surface area contributed by atoms with Crippen molar-refractivity contribution in [2.45, 2.75) is 38.4 Å². The van der Waals surface area contributed by atoms with Crippen LogP contribution in [0.2, 0.25) is 10.0 Å². The molecule has 1 amide bonds. The number of anilines is 2. The summed E-state index contributed by atoms with van der Waals surface area (Å²) in [5, 5.41) is 2.53. The molecule has 0 radical (unpaired) electrons. The van der Waals surface area contributed by atoms with Gasteiger partial charge in [0, 0.05) is 6.07 Å². The molecule has 0 saturated carbocycles. The maximum absolute atomic E-state index is 14.5. The van der Waals surface area contributed by atoms with Crippen LogP contribution in [0.15, 0.2) is 30.6 Å².